The molecule has 0 aromatic heterocycles. The molecule has 0 unspecified atom stereocenters. The van der Waals surface area contributed by atoms with Gasteiger partial charge in [-0.1, -0.05) is 27.7 Å². The first kappa shape index (κ1) is 29.4. The van der Waals surface area contributed by atoms with E-state index >= 15 is 0 Å². The summed E-state index contributed by atoms with van der Waals surface area (Å²) in [7, 11) is 0. The van der Waals surface area contributed by atoms with E-state index < -0.39 is 0 Å². The van der Waals surface area contributed by atoms with Gasteiger partial charge in [-0.25, -0.2) is 0 Å². The van der Waals surface area contributed by atoms with Gasteiger partial charge in [-0.3, -0.25) is 0 Å². The molecule has 0 aliphatic heterocycles. The van der Waals surface area contributed by atoms with E-state index in [2.05, 4.69) is 41.5 Å². The fourth-order valence-corrected chi connectivity index (χ4v) is 0. The fraction of sp³-hybridized carbons (Fsp3) is 0.750. The molecule has 0 rings (SSSR count). The van der Waals surface area contributed by atoms with Gasteiger partial charge >= 0.3 is 26.2 Å². The molecular weight excluding hydrogens is 258 g/mol. The Morgan fingerprint density at radius 2 is 0.727 bits per heavy atom. The van der Waals surface area contributed by atoms with Crippen LogP contribution >= 0.6 is 24.8 Å². The summed E-state index contributed by atoms with van der Waals surface area (Å²) < 4.78 is 0. The smallest absolute Gasteiger partial charge is 0.341 e. The molecule has 0 saturated heterocycles. The molecule has 0 heterocycles. The number of hydrogen-bond acceptors (Lipinski definition) is 0. The summed E-state index contributed by atoms with van der Waals surface area (Å²) in [5.74, 6) is 1.17. The van der Waals surface area contributed by atoms with Gasteiger partial charge < -0.3 is 13.8 Å². The van der Waals surface area contributed by atoms with Crippen molar-refractivity contribution in [3.05, 3.63) is 13.8 Å². The normalized spacial score (nSPS) is 6.55. The van der Waals surface area contributed by atoms with Gasteiger partial charge in [0, 0.05) is 0 Å². The van der Waals surface area contributed by atoms with Crippen molar-refractivity contribution < 1.29 is 26.2 Å². The molecule has 0 N–H and O–H groups in total. The summed E-state index contributed by atoms with van der Waals surface area (Å²) in [5.41, 5.74) is 0. The van der Waals surface area contributed by atoms with Crippen LogP contribution in [0.2, 0.25) is 0 Å². The fourth-order valence-electron chi connectivity index (χ4n) is 0. The molecule has 0 bridgehead atoms. The molecular formula is C8H20Cl2Zr. The van der Waals surface area contributed by atoms with Crippen LogP contribution in [-0.2, 0) is 26.2 Å². The Balaban J connectivity index is -0.0000000171. The van der Waals surface area contributed by atoms with Crippen LogP contribution in [0.5, 0.6) is 0 Å². The maximum absolute atomic E-state index is 3.64. The largest absolute Gasteiger partial charge is 2.00 e. The summed E-state index contributed by atoms with van der Waals surface area (Å²) in [4.78, 5) is 0. The zero-order valence-electron chi connectivity index (χ0n) is 7.89. The second kappa shape index (κ2) is 22.5. The maximum atomic E-state index is 3.64. The molecule has 0 aliphatic carbocycles. The van der Waals surface area contributed by atoms with Crippen molar-refractivity contribution in [2.75, 3.05) is 0 Å². The minimum atomic E-state index is 0. The maximum Gasteiger partial charge on any atom is 2.00 e. The van der Waals surface area contributed by atoms with Crippen LogP contribution in [0.25, 0.3) is 0 Å². The molecule has 0 spiro atoms. The monoisotopic (exact) mass is 276 g/mol. The second-order valence-corrected chi connectivity index (χ2v) is 2.79. The Kier molecular flexibility index (Phi) is 60.2. The summed E-state index contributed by atoms with van der Waals surface area (Å²) in [6, 6.07) is 0. The SMILES string of the molecule is Cl.Cl.[CH2-]C(C)C.[CH2-]C(C)C.[Zr+2]. The third-order valence-electron chi connectivity index (χ3n) is 0. The predicted molar refractivity (Wildman–Crippen MR) is 54.9 cm³/mol. The zero-order chi connectivity index (χ0) is 7.15. The summed E-state index contributed by atoms with van der Waals surface area (Å²) in [5, 5.41) is 0. The standard InChI is InChI=1S/2C4H9.2ClH.Zr/c2*1-4(2)3;;;/h2*4H,1H2,2-3H3;2*1H;/q2*-1;;;+2. The van der Waals surface area contributed by atoms with Gasteiger partial charge in [0.2, 0.25) is 0 Å². The summed E-state index contributed by atoms with van der Waals surface area (Å²) in [6.45, 7) is 15.5. The van der Waals surface area contributed by atoms with E-state index in [9.17, 15) is 0 Å². The average molecular weight is 278 g/mol. The zero-order valence-corrected chi connectivity index (χ0v) is 12.0. The van der Waals surface area contributed by atoms with E-state index in [0.717, 1.165) is 0 Å². The molecule has 0 saturated carbocycles. The predicted octanol–water partition coefficient (Wildman–Crippen LogP) is 3.79. The van der Waals surface area contributed by atoms with Crippen LogP contribution in [0.3, 0.4) is 0 Å². The minimum absolute atomic E-state index is 0. The number of halogens is 2. The summed E-state index contributed by atoms with van der Waals surface area (Å²) >= 11 is 0. The van der Waals surface area contributed by atoms with Gasteiger partial charge in [-0.2, -0.15) is 11.8 Å². The van der Waals surface area contributed by atoms with Crippen LogP contribution in [0.1, 0.15) is 27.7 Å². The second-order valence-electron chi connectivity index (χ2n) is 2.79. The molecule has 0 aromatic carbocycles. The van der Waals surface area contributed by atoms with E-state index in [4.69, 9.17) is 0 Å². The van der Waals surface area contributed by atoms with Gasteiger partial charge in [-0.05, 0) is 0 Å². The number of rotatable bonds is 0. The molecule has 0 aliphatic rings. The Hall–Kier alpha value is 1.46. The van der Waals surface area contributed by atoms with Crippen LogP contribution in [0, 0.1) is 25.7 Å². The van der Waals surface area contributed by atoms with E-state index in [-0.39, 0.29) is 51.0 Å². The summed E-state index contributed by atoms with van der Waals surface area (Å²) in [6.07, 6.45) is 0. The van der Waals surface area contributed by atoms with Crippen LogP contribution in [0.15, 0.2) is 0 Å². The van der Waals surface area contributed by atoms with Crippen molar-refractivity contribution in [1.82, 2.24) is 0 Å². The topological polar surface area (TPSA) is 0 Å². The van der Waals surface area contributed by atoms with Gasteiger partial charge in [0.1, 0.15) is 0 Å². The number of hydrogen-bond donors (Lipinski definition) is 0. The first-order valence-electron chi connectivity index (χ1n) is 3.13. The third kappa shape index (κ3) is 480. The quantitative estimate of drug-likeness (QED) is 0.591. The molecule has 0 radical (unpaired) electrons. The molecule has 3 heteroatoms. The van der Waals surface area contributed by atoms with Crippen LogP contribution in [0.4, 0.5) is 0 Å². The molecule has 0 nitrogen and oxygen atoms in total. The van der Waals surface area contributed by atoms with Gasteiger partial charge in [-0.15, -0.1) is 24.8 Å². The third-order valence-corrected chi connectivity index (χ3v) is 0. The average Bonchev–Trinajstić information content (AvgIpc) is 1.25. The Labute approximate surface area is 104 Å². The van der Waals surface area contributed by atoms with Crippen molar-refractivity contribution in [1.29, 1.82) is 0 Å². The van der Waals surface area contributed by atoms with Crippen molar-refractivity contribution in [2.45, 2.75) is 27.7 Å². The first-order chi connectivity index (χ1) is 3.46. The molecule has 11 heavy (non-hydrogen) atoms. The Morgan fingerprint density at radius 3 is 0.727 bits per heavy atom. The van der Waals surface area contributed by atoms with Crippen molar-refractivity contribution in [2.24, 2.45) is 11.8 Å². The van der Waals surface area contributed by atoms with Gasteiger partial charge in [0.15, 0.2) is 0 Å². The van der Waals surface area contributed by atoms with E-state index in [1.54, 1.807) is 0 Å². The molecule has 0 aromatic rings. The first-order valence-corrected chi connectivity index (χ1v) is 3.13. The van der Waals surface area contributed by atoms with E-state index in [0.29, 0.717) is 11.8 Å². The van der Waals surface area contributed by atoms with E-state index in [1.165, 1.54) is 0 Å². The molecule has 0 fully saturated rings. The Bertz CT molecular complexity index is 27.6. The minimum Gasteiger partial charge on any atom is -0.341 e. The molecule has 0 amide bonds. The van der Waals surface area contributed by atoms with Crippen molar-refractivity contribution in [3.8, 4) is 0 Å². The van der Waals surface area contributed by atoms with Gasteiger partial charge in [0.05, 0.1) is 0 Å². The van der Waals surface area contributed by atoms with Crippen molar-refractivity contribution in [3.63, 3.8) is 0 Å². The van der Waals surface area contributed by atoms with Crippen molar-refractivity contribution >= 4 is 24.8 Å². The van der Waals surface area contributed by atoms with Gasteiger partial charge in [0.25, 0.3) is 0 Å². The van der Waals surface area contributed by atoms with Crippen LogP contribution < -0.4 is 0 Å². The molecule has 0 atom stereocenters. The van der Waals surface area contributed by atoms with Crippen LogP contribution in [-0.4, -0.2) is 0 Å². The van der Waals surface area contributed by atoms with E-state index in [1.807, 2.05) is 0 Å². The molecule has 70 valence electrons. The Morgan fingerprint density at radius 1 is 0.727 bits per heavy atom.